The molecule has 3 nitrogen and oxygen atoms in total. The molecule has 4 heteroatoms. The van der Waals surface area contributed by atoms with Crippen LogP contribution in [0.4, 0.5) is 0 Å². The molecular weight excluding hydrogens is 202 g/mol. The fourth-order valence-corrected chi connectivity index (χ4v) is 3.68. The molecule has 0 aliphatic rings. The highest BCUT2D eigenvalue weighted by Gasteiger charge is 2.36. The predicted molar refractivity (Wildman–Crippen MR) is 72.2 cm³/mol. The molecule has 0 saturated heterocycles. The second kappa shape index (κ2) is 6.63. The van der Waals surface area contributed by atoms with Gasteiger partial charge in [-0.2, -0.15) is 0 Å². The van der Waals surface area contributed by atoms with E-state index in [2.05, 4.69) is 56.5 Å². The Morgan fingerprint density at radius 3 is 1.20 bits per heavy atom. The maximum atomic E-state index is 2.56. The number of rotatable bonds is 7. The van der Waals surface area contributed by atoms with E-state index in [1.165, 1.54) is 0 Å². The molecule has 0 N–H and O–H groups in total. The molecule has 0 bridgehead atoms. The van der Waals surface area contributed by atoms with Crippen LogP contribution in [0.1, 0.15) is 27.7 Å². The van der Waals surface area contributed by atoms with Gasteiger partial charge in [-0.1, -0.05) is 27.7 Å². The third-order valence-electron chi connectivity index (χ3n) is 3.57. The summed E-state index contributed by atoms with van der Waals surface area (Å²) in [5.74, 6) is 0. The Labute approximate surface area is 98.8 Å². The zero-order chi connectivity index (χ0) is 12.1. The van der Waals surface area contributed by atoms with Gasteiger partial charge >= 0.3 is 0 Å². The summed E-state index contributed by atoms with van der Waals surface area (Å²) >= 11 is 0. The van der Waals surface area contributed by atoms with E-state index in [1.54, 1.807) is 0 Å². The zero-order valence-corrected chi connectivity index (χ0v) is 13.7. The van der Waals surface area contributed by atoms with Crippen molar-refractivity contribution in [3.63, 3.8) is 0 Å². The lowest BCUT2D eigenvalue weighted by atomic mass is 10.4. The van der Waals surface area contributed by atoms with Gasteiger partial charge < -0.3 is 0 Å². The molecule has 15 heavy (non-hydrogen) atoms. The topological polar surface area (TPSA) is 9.72 Å². The van der Waals surface area contributed by atoms with Crippen LogP contribution in [0.2, 0.25) is 0 Å². The third kappa shape index (κ3) is 3.03. The number of hydrogen-bond donors (Lipinski definition) is 0. The average molecular weight is 231 g/mol. The van der Waals surface area contributed by atoms with Crippen LogP contribution in [0, 0.1) is 0 Å². The van der Waals surface area contributed by atoms with Gasteiger partial charge in [-0.15, -0.1) is 0 Å². The minimum Gasteiger partial charge on any atom is -0.283 e. The van der Waals surface area contributed by atoms with Crippen LogP contribution in [0.25, 0.3) is 0 Å². The monoisotopic (exact) mass is 231 g/mol. The molecule has 0 unspecified atom stereocenters. The second-order valence-corrected chi connectivity index (χ2v) is 5.55. The second-order valence-electron chi connectivity index (χ2n) is 4.21. The van der Waals surface area contributed by atoms with E-state index in [0.29, 0.717) is 0 Å². The van der Waals surface area contributed by atoms with Crippen LogP contribution in [0.15, 0.2) is 0 Å². The van der Waals surface area contributed by atoms with Crippen molar-refractivity contribution >= 4 is 10.2 Å². The Bertz CT molecular complexity index is 153. The van der Waals surface area contributed by atoms with Crippen LogP contribution >= 0.6 is 0 Å². The maximum absolute atomic E-state index is 2.56. The van der Waals surface area contributed by atoms with Crippen molar-refractivity contribution in [2.45, 2.75) is 33.1 Å². The van der Waals surface area contributed by atoms with Gasteiger partial charge in [-0.3, -0.25) is 14.7 Å². The Kier molecular flexibility index (Phi) is 6.67. The highest BCUT2D eigenvalue weighted by Crippen LogP contribution is 2.19. The van der Waals surface area contributed by atoms with Crippen LogP contribution in [-0.4, -0.2) is 70.6 Å². The molecule has 0 rings (SSSR count). The standard InChI is InChI=1S/C11H29N3Si/c1-7-13(8-2)11(15,12(5)6)14(9-3)10-4/h7-10H2,1-6,15H3. The lowest BCUT2D eigenvalue weighted by Gasteiger charge is -2.52. The Morgan fingerprint density at radius 2 is 1.07 bits per heavy atom. The van der Waals surface area contributed by atoms with Gasteiger partial charge in [0.1, 0.15) is 5.41 Å². The zero-order valence-electron chi connectivity index (χ0n) is 11.7. The summed E-state index contributed by atoms with van der Waals surface area (Å²) in [6, 6.07) is 0. The first-order valence-electron chi connectivity index (χ1n) is 6.16. The van der Waals surface area contributed by atoms with Crippen LogP contribution in [0.5, 0.6) is 0 Å². The fourth-order valence-electron chi connectivity index (χ4n) is 2.41. The number of nitrogens with zero attached hydrogens (tertiary/aromatic N) is 3. The molecular formula is C11H29N3Si. The van der Waals surface area contributed by atoms with Crippen LogP contribution in [0.3, 0.4) is 0 Å². The summed E-state index contributed by atoms with van der Waals surface area (Å²) in [7, 11) is 5.53. The van der Waals surface area contributed by atoms with E-state index < -0.39 is 0 Å². The minimum absolute atomic E-state index is 0.174. The number of hydrogen-bond acceptors (Lipinski definition) is 3. The van der Waals surface area contributed by atoms with Gasteiger partial charge in [0.15, 0.2) is 0 Å². The van der Waals surface area contributed by atoms with E-state index >= 15 is 0 Å². The largest absolute Gasteiger partial charge is 0.283 e. The molecule has 0 heterocycles. The van der Waals surface area contributed by atoms with E-state index in [-0.39, 0.29) is 5.41 Å². The summed E-state index contributed by atoms with van der Waals surface area (Å²) in [5, 5.41) is 0. The summed E-state index contributed by atoms with van der Waals surface area (Å²) in [6.07, 6.45) is 0. The molecule has 0 aliphatic heterocycles. The van der Waals surface area contributed by atoms with Gasteiger partial charge in [0, 0.05) is 0 Å². The van der Waals surface area contributed by atoms with Crippen molar-refractivity contribution in [3.05, 3.63) is 0 Å². The van der Waals surface area contributed by atoms with Crippen LogP contribution in [-0.2, 0) is 0 Å². The molecule has 0 saturated carbocycles. The van der Waals surface area contributed by atoms with E-state index in [1.807, 2.05) is 0 Å². The van der Waals surface area contributed by atoms with Crippen molar-refractivity contribution in [1.82, 2.24) is 14.7 Å². The van der Waals surface area contributed by atoms with E-state index in [4.69, 9.17) is 0 Å². The van der Waals surface area contributed by atoms with Crippen molar-refractivity contribution in [2.75, 3.05) is 40.3 Å². The van der Waals surface area contributed by atoms with Crippen molar-refractivity contribution in [3.8, 4) is 0 Å². The lowest BCUT2D eigenvalue weighted by molar-refractivity contribution is -0.0788. The highest BCUT2D eigenvalue weighted by molar-refractivity contribution is 6.14. The predicted octanol–water partition coefficient (Wildman–Crippen LogP) is 0.208. The van der Waals surface area contributed by atoms with Crippen molar-refractivity contribution < 1.29 is 0 Å². The molecule has 92 valence electrons. The first-order valence-corrected chi connectivity index (χ1v) is 7.16. The minimum atomic E-state index is 0.174. The molecule has 0 aromatic heterocycles. The molecule has 0 aromatic rings. The Balaban J connectivity index is 5.01. The lowest BCUT2D eigenvalue weighted by Crippen LogP contribution is -2.68. The molecule has 0 amide bonds. The smallest absolute Gasteiger partial charge is 0.104 e. The molecule has 0 aromatic carbocycles. The molecule has 0 aliphatic carbocycles. The highest BCUT2D eigenvalue weighted by atomic mass is 28.1. The van der Waals surface area contributed by atoms with Crippen LogP contribution < -0.4 is 0 Å². The Morgan fingerprint density at radius 1 is 0.800 bits per heavy atom. The molecule has 0 spiro atoms. The maximum Gasteiger partial charge on any atom is 0.104 e. The van der Waals surface area contributed by atoms with Gasteiger partial charge in [0.2, 0.25) is 0 Å². The van der Waals surface area contributed by atoms with E-state index in [9.17, 15) is 0 Å². The van der Waals surface area contributed by atoms with Gasteiger partial charge in [-0.25, -0.2) is 0 Å². The first-order chi connectivity index (χ1) is 6.98. The molecule has 0 fully saturated rings. The van der Waals surface area contributed by atoms with Gasteiger partial charge in [0.25, 0.3) is 0 Å². The summed E-state index contributed by atoms with van der Waals surface area (Å²) in [5.41, 5.74) is 0.174. The normalized spacial score (nSPS) is 13.4. The fraction of sp³-hybridized carbons (Fsp3) is 1.00. The van der Waals surface area contributed by atoms with Crippen molar-refractivity contribution in [2.24, 2.45) is 0 Å². The SMILES string of the molecule is CCN(CC)C([SiH3])(N(C)C)N(CC)CC. The average Bonchev–Trinajstić information content (AvgIpc) is 2.21. The summed E-state index contributed by atoms with van der Waals surface area (Å²) in [4.78, 5) is 7.50. The molecule has 0 radical (unpaired) electrons. The summed E-state index contributed by atoms with van der Waals surface area (Å²) in [6.45, 7) is 13.5. The van der Waals surface area contributed by atoms with Gasteiger partial charge in [-0.05, 0) is 40.3 Å². The first kappa shape index (κ1) is 15.1. The quantitative estimate of drug-likeness (QED) is 0.458. The molecule has 0 atom stereocenters. The van der Waals surface area contributed by atoms with Gasteiger partial charge in [0.05, 0.1) is 10.2 Å². The third-order valence-corrected chi connectivity index (χ3v) is 5.73. The summed E-state index contributed by atoms with van der Waals surface area (Å²) < 4.78 is 0. The Hall–Kier alpha value is 0.0969. The van der Waals surface area contributed by atoms with Crippen molar-refractivity contribution in [1.29, 1.82) is 0 Å². The van der Waals surface area contributed by atoms with E-state index in [0.717, 1.165) is 36.4 Å².